The number of hydrogen-bond donors (Lipinski definition) is 12. The molecule has 3 aliphatic rings. The molecule has 1 amide bonds. The number of hydrogen-bond acceptors (Lipinski definition) is 18. The SMILES string of the molecule is CCCCC/C=C\C/C=C\CCCCCCCC(=O)NC(COC1OC(CO)C(OC2OC(CO)C(OC3OC(CO)C(O)C(O)C3O)C(O)C2O)C(O)C1O)C(O)/C=C/CC/C=C/CCCCCCCCCCCCCCCCCCCCCCCCC. The number of rotatable bonds is 54. The highest BCUT2D eigenvalue weighted by molar-refractivity contribution is 5.76. The molecule has 0 aromatic heterocycles. The molecular formula is C70H127NO18. The Morgan fingerprint density at radius 1 is 0.404 bits per heavy atom. The van der Waals surface area contributed by atoms with Crippen molar-refractivity contribution in [1.82, 2.24) is 5.32 Å². The molecule has 0 bridgehead atoms. The van der Waals surface area contributed by atoms with Crippen molar-refractivity contribution in [3.63, 3.8) is 0 Å². The molecule has 0 radical (unpaired) electrons. The third kappa shape index (κ3) is 34.1. The Hall–Kier alpha value is -2.25. The minimum atomic E-state index is -1.98. The minimum absolute atomic E-state index is 0.219. The van der Waals surface area contributed by atoms with Crippen molar-refractivity contribution >= 4 is 5.91 Å². The lowest BCUT2D eigenvalue weighted by Gasteiger charge is -2.48. The monoisotopic (exact) mass is 1270 g/mol. The average molecular weight is 1270 g/mol. The molecule has 3 heterocycles. The van der Waals surface area contributed by atoms with Crippen molar-refractivity contribution < 1.29 is 89.4 Å². The molecule has 520 valence electrons. The molecule has 0 aromatic carbocycles. The zero-order chi connectivity index (χ0) is 64.7. The maximum absolute atomic E-state index is 13.4. The Labute approximate surface area is 535 Å². The molecule has 0 aliphatic carbocycles. The van der Waals surface area contributed by atoms with Gasteiger partial charge in [-0.3, -0.25) is 4.79 Å². The lowest BCUT2D eigenvalue weighted by molar-refractivity contribution is -0.379. The van der Waals surface area contributed by atoms with Gasteiger partial charge in [0.25, 0.3) is 0 Å². The van der Waals surface area contributed by atoms with Crippen molar-refractivity contribution in [2.45, 2.75) is 362 Å². The van der Waals surface area contributed by atoms with E-state index in [1.165, 1.54) is 161 Å². The van der Waals surface area contributed by atoms with Crippen LogP contribution < -0.4 is 5.32 Å². The molecule has 0 aromatic rings. The van der Waals surface area contributed by atoms with E-state index in [0.717, 1.165) is 64.2 Å². The fourth-order valence-electron chi connectivity index (χ4n) is 11.8. The molecule has 89 heavy (non-hydrogen) atoms. The summed E-state index contributed by atoms with van der Waals surface area (Å²) in [4.78, 5) is 13.4. The molecule has 3 saturated heterocycles. The predicted molar refractivity (Wildman–Crippen MR) is 346 cm³/mol. The van der Waals surface area contributed by atoms with Gasteiger partial charge in [-0.1, -0.05) is 236 Å². The number of unbranched alkanes of at least 4 members (excludes halogenated alkanes) is 32. The van der Waals surface area contributed by atoms with Crippen molar-refractivity contribution in [3.8, 4) is 0 Å². The van der Waals surface area contributed by atoms with Crippen LogP contribution in [0.1, 0.15) is 258 Å². The van der Waals surface area contributed by atoms with Crippen LogP contribution in [0.4, 0.5) is 0 Å². The largest absolute Gasteiger partial charge is 0.394 e. The Kier molecular flexibility index (Phi) is 47.4. The van der Waals surface area contributed by atoms with Gasteiger partial charge >= 0.3 is 0 Å². The molecule has 12 N–H and O–H groups in total. The summed E-state index contributed by atoms with van der Waals surface area (Å²) in [5, 5.41) is 120. The summed E-state index contributed by atoms with van der Waals surface area (Å²) in [6.45, 7) is 1.69. The number of carbonyl (C=O) groups is 1. The van der Waals surface area contributed by atoms with E-state index in [1.54, 1.807) is 6.08 Å². The molecule has 17 atom stereocenters. The number of ether oxygens (including phenoxy) is 6. The second-order valence-corrected chi connectivity index (χ2v) is 25.3. The molecule has 3 aliphatic heterocycles. The van der Waals surface area contributed by atoms with Crippen LogP contribution in [0.25, 0.3) is 0 Å². The quantitative estimate of drug-likeness (QED) is 0.0199. The first-order valence-electron chi connectivity index (χ1n) is 35.4. The van der Waals surface area contributed by atoms with Crippen LogP contribution in [0.3, 0.4) is 0 Å². The molecular weight excluding hydrogens is 1140 g/mol. The highest BCUT2D eigenvalue weighted by atomic mass is 16.8. The summed E-state index contributed by atoms with van der Waals surface area (Å²) in [5.74, 6) is -0.299. The third-order valence-electron chi connectivity index (χ3n) is 17.6. The van der Waals surface area contributed by atoms with Crippen molar-refractivity contribution in [3.05, 3.63) is 48.6 Å². The summed E-state index contributed by atoms with van der Waals surface area (Å²) in [7, 11) is 0. The van der Waals surface area contributed by atoms with Crippen molar-refractivity contribution in [1.29, 1.82) is 0 Å². The van der Waals surface area contributed by atoms with Gasteiger partial charge in [-0.2, -0.15) is 0 Å². The van der Waals surface area contributed by atoms with Crippen molar-refractivity contribution in [2.24, 2.45) is 0 Å². The molecule has 19 heteroatoms. The first kappa shape index (κ1) is 81.0. The van der Waals surface area contributed by atoms with Gasteiger partial charge in [0.05, 0.1) is 38.6 Å². The van der Waals surface area contributed by atoms with E-state index in [9.17, 15) is 61.0 Å². The average Bonchev–Trinajstić information content (AvgIpc) is 1.97. The lowest BCUT2D eigenvalue weighted by atomic mass is 9.96. The van der Waals surface area contributed by atoms with Crippen molar-refractivity contribution in [2.75, 3.05) is 26.4 Å². The third-order valence-corrected chi connectivity index (χ3v) is 17.6. The first-order chi connectivity index (χ1) is 43.3. The predicted octanol–water partition coefficient (Wildman–Crippen LogP) is 9.39. The van der Waals surface area contributed by atoms with Gasteiger partial charge in [0.15, 0.2) is 18.9 Å². The molecule has 3 rings (SSSR count). The van der Waals surface area contributed by atoms with E-state index in [1.807, 2.05) is 6.08 Å². The highest BCUT2D eigenvalue weighted by Gasteiger charge is 2.53. The second kappa shape index (κ2) is 52.1. The topological polar surface area (TPSA) is 307 Å². The number of aliphatic hydroxyl groups is 11. The second-order valence-electron chi connectivity index (χ2n) is 25.3. The van der Waals surface area contributed by atoms with Crippen LogP contribution in [-0.4, -0.2) is 193 Å². The van der Waals surface area contributed by atoms with Gasteiger partial charge in [-0.05, 0) is 64.2 Å². The summed E-state index contributed by atoms with van der Waals surface area (Å²) in [5.41, 5.74) is 0. The van der Waals surface area contributed by atoms with Gasteiger partial charge in [-0.15, -0.1) is 0 Å². The summed E-state index contributed by atoms with van der Waals surface area (Å²) in [6.07, 6.45) is 35.4. The smallest absolute Gasteiger partial charge is 0.220 e. The maximum atomic E-state index is 13.4. The van der Waals surface area contributed by atoms with E-state index in [-0.39, 0.29) is 18.9 Å². The van der Waals surface area contributed by atoms with E-state index in [4.69, 9.17) is 28.4 Å². The maximum Gasteiger partial charge on any atom is 0.220 e. The number of nitrogens with one attached hydrogen (secondary N) is 1. The normalized spacial score (nSPS) is 28.5. The molecule has 19 nitrogen and oxygen atoms in total. The minimum Gasteiger partial charge on any atom is -0.394 e. The summed E-state index contributed by atoms with van der Waals surface area (Å²) < 4.78 is 34.3. The zero-order valence-corrected chi connectivity index (χ0v) is 54.9. The number of aliphatic hydroxyl groups excluding tert-OH is 11. The first-order valence-corrected chi connectivity index (χ1v) is 35.4. The highest BCUT2D eigenvalue weighted by Crippen LogP contribution is 2.33. The molecule has 3 fully saturated rings. The standard InChI is InChI=1S/C70H127NO18/c1-3-5-7-9-11-13-15-17-19-20-21-22-23-24-25-26-27-28-29-30-31-32-34-35-37-39-41-43-45-47-54(75)53(71-58(76)48-46-44-42-40-38-36-33-18-16-14-12-10-8-6-4-2)52-84-68-64(82)61(79)66(56(50-73)86-68)89-70-65(83)62(80)67(57(51-74)87-70)88-69-63(81)60(78)59(77)55(49-72)85-69/h12,14,18,33,37,39,45,47,53-57,59-70,72-75,77-83H,3-11,13,15-17,19-32,34-36,38,40-44,46,48-52H2,1-2H3,(H,71,76)/b14-12-,33-18-,39-37+,47-45+. The van der Waals surface area contributed by atoms with Gasteiger partial charge in [0.1, 0.15) is 73.2 Å². The molecule has 0 saturated carbocycles. The summed E-state index contributed by atoms with van der Waals surface area (Å²) >= 11 is 0. The Morgan fingerprint density at radius 2 is 0.753 bits per heavy atom. The van der Waals surface area contributed by atoms with E-state index >= 15 is 0 Å². The Bertz CT molecular complexity index is 1800. The number of allylic oxidation sites excluding steroid dienone is 7. The molecule has 17 unspecified atom stereocenters. The number of carbonyl (C=O) groups excluding carboxylic acids is 1. The number of amides is 1. The van der Waals surface area contributed by atoms with Crippen LogP contribution in [0.15, 0.2) is 48.6 Å². The van der Waals surface area contributed by atoms with Crippen LogP contribution in [0.5, 0.6) is 0 Å². The van der Waals surface area contributed by atoms with Gasteiger partial charge in [0.2, 0.25) is 5.91 Å². The Balaban J connectivity index is 1.42. The van der Waals surface area contributed by atoms with E-state index < -0.39 is 124 Å². The molecule has 0 spiro atoms. The van der Waals surface area contributed by atoms with Crippen LogP contribution in [0, 0.1) is 0 Å². The van der Waals surface area contributed by atoms with Crippen LogP contribution in [0.2, 0.25) is 0 Å². The fourth-order valence-corrected chi connectivity index (χ4v) is 11.8. The van der Waals surface area contributed by atoms with Crippen LogP contribution in [-0.2, 0) is 33.2 Å². The fraction of sp³-hybridized carbons (Fsp3) is 0.871. The van der Waals surface area contributed by atoms with Gasteiger partial charge < -0.3 is 89.9 Å². The van der Waals surface area contributed by atoms with E-state index in [2.05, 4.69) is 55.6 Å². The van der Waals surface area contributed by atoms with Gasteiger partial charge in [0, 0.05) is 6.42 Å². The Morgan fingerprint density at radius 3 is 1.21 bits per heavy atom. The summed E-state index contributed by atoms with van der Waals surface area (Å²) in [6, 6.07) is -0.999. The van der Waals surface area contributed by atoms with Crippen LogP contribution >= 0.6 is 0 Å². The lowest BCUT2D eigenvalue weighted by Crippen LogP contribution is -2.66. The van der Waals surface area contributed by atoms with Gasteiger partial charge in [-0.25, -0.2) is 0 Å². The van der Waals surface area contributed by atoms with E-state index in [0.29, 0.717) is 12.8 Å². The zero-order valence-electron chi connectivity index (χ0n) is 54.9.